The van der Waals surface area contributed by atoms with Crippen LogP contribution in [-0.2, 0) is 52.5 Å². The van der Waals surface area contributed by atoms with Gasteiger partial charge in [-0.25, -0.2) is 0 Å². The normalized spacial score (nSPS) is 37.7. The van der Waals surface area contributed by atoms with Gasteiger partial charge < -0.3 is 95.8 Å². The van der Waals surface area contributed by atoms with Gasteiger partial charge in [0.1, 0.15) is 92.3 Å². The molecular weight excluding hydrogens is 718 g/mol. The highest BCUT2D eigenvalue weighted by molar-refractivity contribution is 5.94. The highest BCUT2D eigenvalue weighted by atomic mass is 16.7. The van der Waals surface area contributed by atoms with Crippen LogP contribution in [0.15, 0.2) is 0 Å². The van der Waals surface area contributed by atoms with Crippen molar-refractivity contribution in [3.8, 4) is 0 Å². The molecule has 14 N–H and O–H groups in total. The van der Waals surface area contributed by atoms with Crippen LogP contribution in [-0.4, -0.2) is 204 Å². The molecule has 15 unspecified atom stereocenters. The maximum absolute atomic E-state index is 12.6. The van der Waals surface area contributed by atoms with Gasteiger partial charge in [-0.2, -0.15) is 0 Å². The lowest BCUT2D eigenvalue weighted by molar-refractivity contribution is -0.351. The van der Waals surface area contributed by atoms with Gasteiger partial charge in [-0.1, -0.05) is 0 Å². The number of aliphatic hydroxyl groups excluding tert-OH is 8. The molecule has 3 aliphatic rings. The van der Waals surface area contributed by atoms with E-state index >= 15 is 0 Å². The molecule has 3 heterocycles. The lowest BCUT2D eigenvalue weighted by Crippen LogP contribution is -2.71. The average molecular weight is 760 g/mol. The third-order valence-electron chi connectivity index (χ3n) is 8.11. The summed E-state index contributed by atoms with van der Waals surface area (Å²) in [6.07, 6.45) is -26.2. The lowest BCUT2D eigenvalue weighted by atomic mass is 9.93. The molecule has 0 spiro atoms. The van der Waals surface area contributed by atoms with E-state index in [0.29, 0.717) is 0 Å². The highest BCUT2D eigenvalue weighted by Crippen LogP contribution is 2.32. The number of aliphatic carboxylic acids is 3. The number of carbonyl (C=O) groups excluding carboxylic acids is 3. The van der Waals surface area contributed by atoms with Crippen molar-refractivity contribution < 1.29 is 109 Å². The van der Waals surface area contributed by atoms with E-state index in [1.54, 1.807) is 0 Å². The van der Waals surface area contributed by atoms with E-state index in [1.165, 1.54) is 0 Å². The number of hydrogen-bond donors (Lipinski definition) is 14. The molecule has 0 aliphatic carbocycles. The molecule has 296 valence electrons. The molecule has 3 rings (SSSR count). The van der Waals surface area contributed by atoms with Gasteiger partial charge in [0.05, 0.1) is 19.8 Å². The number of nitrogens with one attached hydrogen (secondary N) is 3. The standard InChI is InChI=1S/C27H41N3O22/c31-4-7-19(43)20(44)17(29-11(35)2-14(39)40)26(49-7)52-24-9(6-33)50-27(18(22(24)46)30-12(36)3-15(41)42)51-23-8(5-32)48-25(47)16(21(23)45)28-10(34)1-13(37)38/h7-9,16-27,31-33,43-47H,1-6H2,(H,28,34)(H,29,35)(H,30,36)(H,37,38)(H,39,40)(H,41,42). The van der Waals surface area contributed by atoms with Crippen molar-refractivity contribution in [2.75, 3.05) is 19.8 Å². The number of carbonyl (C=O) groups is 6. The Kier molecular flexibility index (Phi) is 15.5. The second-order valence-corrected chi connectivity index (χ2v) is 11.9. The number of aliphatic hydroxyl groups is 8. The third kappa shape index (κ3) is 10.7. The molecule has 0 bridgehead atoms. The fourth-order valence-corrected chi connectivity index (χ4v) is 5.70. The summed E-state index contributed by atoms with van der Waals surface area (Å²) in [6.45, 7) is -2.98. The lowest BCUT2D eigenvalue weighted by Gasteiger charge is -2.49. The summed E-state index contributed by atoms with van der Waals surface area (Å²) in [5.41, 5.74) is 0. The Balaban J connectivity index is 1.96. The Labute approximate surface area is 291 Å². The van der Waals surface area contributed by atoms with Crippen molar-refractivity contribution in [2.24, 2.45) is 0 Å². The minimum atomic E-state index is -2.14. The predicted molar refractivity (Wildman–Crippen MR) is 156 cm³/mol. The molecule has 0 radical (unpaired) electrons. The van der Waals surface area contributed by atoms with Crippen molar-refractivity contribution in [1.29, 1.82) is 0 Å². The molecule has 25 heteroatoms. The summed E-state index contributed by atoms with van der Waals surface area (Å²) in [7, 11) is 0. The molecule has 3 aliphatic heterocycles. The summed E-state index contributed by atoms with van der Waals surface area (Å²) in [4.78, 5) is 70.2. The fourth-order valence-electron chi connectivity index (χ4n) is 5.70. The largest absolute Gasteiger partial charge is 0.481 e. The molecule has 0 aromatic heterocycles. The Bertz CT molecular complexity index is 1290. The molecule has 0 saturated carbocycles. The van der Waals surface area contributed by atoms with Crippen LogP contribution in [0, 0.1) is 0 Å². The van der Waals surface area contributed by atoms with Crippen LogP contribution in [0.2, 0.25) is 0 Å². The fraction of sp³-hybridized carbons (Fsp3) is 0.778. The first kappa shape index (κ1) is 42.7. The van der Waals surface area contributed by atoms with Crippen molar-refractivity contribution >= 4 is 35.6 Å². The average Bonchev–Trinajstić information content (AvgIpc) is 3.05. The van der Waals surface area contributed by atoms with Gasteiger partial charge in [-0.05, 0) is 0 Å². The maximum atomic E-state index is 12.6. The SMILES string of the molecule is O=C(O)CC(=O)NC1C(O)OC(CO)C(OC2OC(CO)C(OC3OC(CO)C(O)C(O)C3NC(=O)CC(=O)O)C(O)C2NC(=O)CC(=O)O)C1O. The zero-order valence-electron chi connectivity index (χ0n) is 26.8. The Morgan fingerprint density at radius 1 is 0.481 bits per heavy atom. The number of rotatable bonds is 16. The van der Waals surface area contributed by atoms with Crippen LogP contribution in [0.3, 0.4) is 0 Å². The van der Waals surface area contributed by atoms with E-state index in [1.807, 2.05) is 5.32 Å². The predicted octanol–water partition coefficient (Wildman–Crippen LogP) is -8.78. The van der Waals surface area contributed by atoms with Crippen molar-refractivity contribution in [3.05, 3.63) is 0 Å². The topological polar surface area (TPSA) is 407 Å². The zero-order valence-corrected chi connectivity index (χ0v) is 26.8. The smallest absolute Gasteiger partial charge is 0.312 e. The first-order valence-corrected chi connectivity index (χ1v) is 15.5. The molecule has 3 fully saturated rings. The molecule has 0 aromatic carbocycles. The maximum Gasteiger partial charge on any atom is 0.312 e. The van der Waals surface area contributed by atoms with Crippen molar-refractivity contribution in [2.45, 2.75) is 111 Å². The molecule has 3 saturated heterocycles. The van der Waals surface area contributed by atoms with Crippen LogP contribution in [0.4, 0.5) is 0 Å². The highest BCUT2D eigenvalue weighted by Gasteiger charge is 2.54. The van der Waals surface area contributed by atoms with Gasteiger partial charge in [-0.15, -0.1) is 0 Å². The number of ether oxygens (including phenoxy) is 5. The van der Waals surface area contributed by atoms with Crippen molar-refractivity contribution in [1.82, 2.24) is 16.0 Å². The number of hydrogen-bond acceptors (Lipinski definition) is 19. The Morgan fingerprint density at radius 2 is 0.827 bits per heavy atom. The second kappa shape index (κ2) is 18.9. The Morgan fingerprint density at radius 3 is 1.23 bits per heavy atom. The van der Waals surface area contributed by atoms with Gasteiger partial charge in [0.25, 0.3) is 0 Å². The van der Waals surface area contributed by atoms with Crippen LogP contribution in [0.1, 0.15) is 19.3 Å². The second-order valence-electron chi connectivity index (χ2n) is 11.9. The van der Waals surface area contributed by atoms with Crippen LogP contribution in [0.25, 0.3) is 0 Å². The monoisotopic (exact) mass is 759 g/mol. The van der Waals surface area contributed by atoms with Gasteiger partial charge in [0.2, 0.25) is 17.7 Å². The van der Waals surface area contributed by atoms with Crippen LogP contribution in [0.5, 0.6) is 0 Å². The van der Waals surface area contributed by atoms with Crippen molar-refractivity contribution in [3.63, 3.8) is 0 Å². The number of carboxylic acid groups (broad SMARTS) is 3. The first-order valence-electron chi connectivity index (χ1n) is 15.5. The first-order chi connectivity index (χ1) is 24.4. The zero-order chi connectivity index (χ0) is 39.0. The number of carboxylic acids is 3. The molecule has 3 amide bonds. The van der Waals surface area contributed by atoms with Gasteiger partial charge in [-0.3, -0.25) is 28.8 Å². The third-order valence-corrected chi connectivity index (χ3v) is 8.11. The molecule has 52 heavy (non-hydrogen) atoms. The van der Waals surface area contributed by atoms with Gasteiger partial charge >= 0.3 is 17.9 Å². The molecule has 25 nitrogen and oxygen atoms in total. The van der Waals surface area contributed by atoms with E-state index in [4.69, 9.17) is 39.0 Å². The molecular formula is C27H41N3O22. The summed E-state index contributed by atoms with van der Waals surface area (Å²) in [6, 6.07) is -5.52. The molecule has 0 aromatic rings. The minimum Gasteiger partial charge on any atom is -0.481 e. The van der Waals surface area contributed by atoms with E-state index in [-0.39, 0.29) is 0 Å². The van der Waals surface area contributed by atoms with Crippen LogP contribution >= 0.6 is 0 Å². The summed E-state index contributed by atoms with van der Waals surface area (Å²) >= 11 is 0. The molecule has 15 atom stereocenters. The Hall–Kier alpha value is -3.70. The minimum absolute atomic E-state index is 0.935. The van der Waals surface area contributed by atoms with E-state index in [9.17, 15) is 69.6 Å². The van der Waals surface area contributed by atoms with E-state index in [2.05, 4.69) is 10.6 Å². The quantitative estimate of drug-likeness (QED) is 0.0650. The van der Waals surface area contributed by atoms with E-state index in [0.717, 1.165) is 0 Å². The van der Waals surface area contributed by atoms with E-state index < -0.39 is 167 Å². The van der Waals surface area contributed by atoms with Gasteiger partial charge in [0, 0.05) is 0 Å². The summed E-state index contributed by atoms with van der Waals surface area (Å²) in [5.74, 6) is -8.45. The van der Waals surface area contributed by atoms with Crippen LogP contribution < -0.4 is 16.0 Å². The van der Waals surface area contributed by atoms with Gasteiger partial charge in [0.15, 0.2) is 18.9 Å². The summed E-state index contributed by atoms with van der Waals surface area (Å²) in [5, 5.41) is 117. The summed E-state index contributed by atoms with van der Waals surface area (Å²) < 4.78 is 27.9. The number of amides is 3.